The van der Waals surface area contributed by atoms with Gasteiger partial charge in [0.2, 0.25) is 11.8 Å². The molecule has 0 saturated carbocycles. The molecule has 1 atom stereocenters. The molecule has 1 unspecified atom stereocenters. The Labute approximate surface area is 150 Å². The Bertz CT molecular complexity index is 817. The van der Waals surface area contributed by atoms with Crippen LogP contribution in [0.25, 0.3) is 0 Å². The number of aromatic nitrogens is 3. The first-order valence-electron chi connectivity index (χ1n) is 8.37. The zero-order chi connectivity index (χ0) is 17.1. The molecule has 0 radical (unpaired) electrons. The van der Waals surface area contributed by atoms with Crippen molar-refractivity contribution in [3.63, 3.8) is 0 Å². The second-order valence-electron chi connectivity index (χ2n) is 6.17. The van der Waals surface area contributed by atoms with E-state index in [-0.39, 0.29) is 6.10 Å². The van der Waals surface area contributed by atoms with Crippen LogP contribution in [-0.4, -0.2) is 39.8 Å². The van der Waals surface area contributed by atoms with Crippen molar-refractivity contribution in [3.05, 3.63) is 63.8 Å². The van der Waals surface area contributed by atoms with Crippen LogP contribution in [0, 0.1) is 6.92 Å². The minimum atomic E-state index is 0.0270. The van der Waals surface area contributed by atoms with Gasteiger partial charge in [-0.05, 0) is 12.5 Å². The fraction of sp³-hybridized carbons (Fsp3) is 0.389. The molecule has 1 aliphatic heterocycles. The third kappa shape index (κ3) is 4.12. The summed E-state index contributed by atoms with van der Waals surface area (Å²) in [5.41, 5.74) is 2.21. The Hall–Kier alpha value is -2.09. The quantitative estimate of drug-likeness (QED) is 0.700. The maximum absolute atomic E-state index is 5.87. The van der Waals surface area contributed by atoms with Crippen LogP contribution in [0.2, 0.25) is 0 Å². The lowest BCUT2D eigenvalue weighted by Gasteiger charge is -2.30. The summed E-state index contributed by atoms with van der Waals surface area (Å²) in [4.78, 5) is 6.82. The lowest BCUT2D eigenvalue weighted by molar-refractivity contribution is -0.0353. The van der Waals surface area contributed by atoms with Crippen LogP contribution in [0.5, 0.6) is 0 Å². The van der Waals surface area contributed by atoms with Crippen LogP contribution in [0.4, 0.5) is 0 Å². The number of benzene rings is 1. The highest BCUT2D eigenvalue weighted by atomic mass is 32.1. The molecular weight excluding hydrogens is 336 g/mol. The smallest absolute Gasteiger partial charge is 0.230 e. The summed E-state index contributed by atoms with van der Waals surface area (Å²) in [7, 11) is 0. The van der Waals surface area contributed by atoms with Gasteiger partial charge in [0.05, 0.1) is 19.6 Å². The van der Waals surface area contributed by atoms with Crippen LogP contribution < -0.4 is 0 Å². The second kappa shape index (κ2) is 7.43. The van der Waals surface area contributed by atoms with Crippen LogP contribution in [0.15, 0.2) is 40.1 Å². The van der Waals surface area contributed by atoms with Gasteiger partial charge in [0.15, 0.2) is 0 Å². The molecule has 0 aliphatic carbocycles. The topological polar surface area (TPSA) is 64.3 Å². The minimum Gasteiger partial charge on any atom is -0.424 e. The standard InChI is InChI=1S/C18H20N4O2S/c1-13-12-25-18(19-13)15-10-22(7-8-23-15)11-17-21-20-16(24-17)9-14-5-3-2-4-6-14/h2-6,12,15H,7-11H2,1H3. The molecule has 2 aromatic heterocycles. The predicted octanol–water partition coefficient (Wildman–Crippen LogP) is 3.00. The van der Waals surface area contributed by atoms with Crippen molar-refractivity contribution in [1.82, 2.24) is 20.1 Å². The van der Waals surface area contributed by atoms with Gasteiger partial charge in [-0.1, -0.05) is 30.3 Å². The highest BCUT2D eigenvalue weighted by molar-refractivity contribution is 7.09. The van der Waals surface area contributed by atoms with Crippen molar-refractivity contribution >= 4 is 11.3 Å². The average Bonchev–Trinajstić information content (AvgIpc) is 3.25. The van der Waals surface area contributed by atoms with Crippen molar-refractivity contribution in [3.8, 4) is 0 Å². The number of rotatable bonds is 5. The number of aryl methyl sites for hydroxylation is 1. The summed E-state index contributed by atoms with van der Waals surface area (Å²) in [5.74, 6) is 1.31. The van der Waals surface area contributed by atoms with E-state index >= 15 is 0 Å². The van der Waals surface area contributed by atoms with E-state index in [4.69, 9.17) is 9.15 Å². The van der Waals surface area contributed by atoms with E-state index in [9.17, 15) is 0 Å². The fourth-order valence-corrected chi connectivity index (χ4v) is 3.74. The molecule has 0 N–H and O–H groups in total. The van der Waals surface area contributed by atoms with Gasteiger partial charge in [0.25, 0.3) is 0 Å². The Kier molecular flexibility index (Phi) is 4.87. The molecule has 6 nitrogen and oxygen atoms in total. The molecule has 7 heteroatoms. The van der Waals surface area contributed by atoms with Crippen molar-refractivity contribution in [2.24, 2.45) is 0 Å². The lowest BCUT2D eigenvalue weighted by Crippen LogP contribution is -2.37. The van der Waals surface area contributed by atoms with Gasteiger partial charge in [-0.25, -0.2) is 4.98 Å². The minimum absolute atomic E-state index is 0.0270. The van der Waals surface area contributed by atoms with Gasteiger partial charge in [0.1, 0.15) is 11.1 Å². The average molecular weight is 356 g/mol. The second-order valence-corrected chi connectivity index (χ2v) is 7.06. The number of nitrogens with zero attached hydrogens (tertiary/aromatic N) is 4. The summed E-state index contributed by atoms with van der Waals surface area (Å²) >= 11 is 1.66. The SMILES string of the molecule is Cc1csc(C2CN(Cc3nnc(Cc4ccccc4)o3)CCO2)n1. The normalized spacial score (nSPS) is 18.5. The maximum atomic E-state index is 5.87. The van der Waals surface area contributed by atoms with Crippen LogP contribution in [-0.2, 0) is 17.7 Å². The third-order valence-electron chi connectivity index (χ3n) is 4.13. The lowest BCUT2D eigenvalue weighted by atomic mass is 10.2. The maximum Gasteiger partial charge on any atom is 0.230 e. The van der Waals surface area contributed by atoms with Crippen molar-refractivity contribution in [2.75, 3.05) is 19.7 Å². The third-order valence-corrected chi connectivity index (χ3v) is 5.18. The van der Waals surface area contributed by atoms with Gasteiger partial charge in [-0.15, -0.1) is 21.5 Å². The summed E-state index contributed by atoms with van der Waals surface area (Å²) < 4.78 is 11.7. The number of morpholine rings is 1. The van der Waals surface area contributed by atoms with Gasteiger partial charge in [0, 0.05) is 24.2 Å². The zero-order valence-electron chi connectivity index (χ0n) is 14.1. The molecule has 1 aromatic carbocycles. The molecule has 0 spiro atoms. The molecular formula is C18H20N4O2S. The van der Waals surface area contributed by atoms with Crippen LogP contribution in [0.3, 0.4) is 0 Å². The highest BCUT2D eigenvalue weighted by Crippen LogP contribution is 2.25. The molecule has 0 amide bonds. The zero-order valence-corrected chi connectivity index (χ0v) is 14.9. The summed E-state index contributed by atoms with van der Waals surface area (Å²) in [5, 5.41) is 11.5. The molecule has 3 aromatic rings. The molecule has 25 heavy (non-hydrogen) atoms. The molecule has 3 heterocycles. The van der Waals surface area contributed by atoms with Gasteiger partial charge in [-0.2, -0.15) is 0 Å². The number of hydrogen-bond acceptors (Lipinski definition) is 7. The van der Waals surface area contributed by atoms with Crippen molar-refractivity contribution < 1.29 is 9.15 Å². The van der Waals surface area contributed by atoms with Gasteiger partial charge >= 0.3 is 0 Å². The highest BCUT2D eigenvalue weighted by Gasteiger charge is 2.25. The van der Waals surface area contributed by atoms with E-state index in [1.165, 1.54) is 5.56 Å². The molecule has 130 valence electrons. The number of thiazole rings is 1. The predicted molar refractivity (Wildman–Crippen MR) is 94.4 cm³/mol. The molecule has 0 bridgehead atoms. The summed E-state index contributed by atoms with van der Waals surface area (Å²) in [6, 6.07) is 10.2. The Morgan fingerprint density at radius 1 is 1.20 bits per heavy atom. The Morgan fingerprint density at radius 2 is 2.04 bits per heavy atom. The van der Waals surface area contributed by atoms with E-state index in [0.717, 1.165) is 23.8 Å². The first-order valence-corrected chi connectivity index (χ1v) is 9.25. The first kappa shape index (κ1) is 16.4. The number of ether oxygens (including phenoxy) is 1. The van der Waals surface area contributed by atoms with Crippen molar-refractivity contribution in [2.45, 2.75) is 26.0 Å². The molecule has 1 fully saturated rings. The molecule has 4 rings (SSSR count). The van der Waals surface area contributed by atoms with Crippen LogP contribution in [0.1, 0.15) is 34.2 Å². The fourth-order valence-electron chi connectivity index (χ4n) is 2.90. The van der Waals surface area contributed by atoms with E-state index in [0.29, 0.717) is 31.4 Å². The summed E-state index contributed by atoms with van der Waals surface area (Å²) in [6.45, 7) is 4.99. The van der Waals surface area contributed by atoms with Crippen LogP contribution >= 0.6 is 11.3 Å². The monoisotopic (exact) mass is 356 g/mol. The number of hydrogen-bond donors (Lipinski definition) is 0. The van der Waals surface area contributed by atoms with Gasteiger partial charge < -0.3 is 9.15 Å². The Balaban J connectivity index is 1.37. The largest absolute Gasteiger partial charge is 0.424 e. The van der Waals surface area contributed by atoms with Crippen molar-refractivity contribution in [1.29, 1.82) is 0 Å². The van der Waals surface area contributed by atoms with E-state index < -0.39 is 0 Å². The molecule has 1 saturated heterocycles. The van der Waals surface area contributed by atoms with E-state index in [1.54, 1.807) is 11.3 Å². The van der Waals surface area contributed by atoms with Gasteiger partial charge in [-0.3, -0.25) is 4.90 Å². The van der Waals surface area contributed by atoms with E-state index in [1.807, 2.05) is 25.1 Å². The summed E-state index contributed by atoms with van der Waals surface area (Å²) in [6.07, 6.45) is 0.692. The molecule has 1 aliphatic rings. The first-order chi connectivity index (χ1) is 12.3. The Morgan fingerprint density at radius 3 is 2.84 bits per heavy atom. The van der Waals surface area contributed by atoms with E-state index in [2.05, 4.69) is 37.6 Å².